The third-order valence-electron chi connectivity index (χ3n) is 5.81. The van der Waals surface area contributed by atoms with Gasteiger partial charge in [-0.3, -0.25) is 5.41 Å². The normalized spacial score (nSPS) is 11.3. The van der Waals surface area contributed by atoms with E-state index in [-0.39, 0.29) is 39.2 Å². The molecule has 4 rings (SSSR count). The van der Waals surface area contributed by atoms with Crippen LogP contribution >= 0.6 is 0 Å². The van der Waals surface area contributed by atoms with Crippen molar-refractivity contribution in [2.75, 3.05) is 12.3 Å². The molecule has 0 fully saturated rings. The predicted octanol–water partition coefficient (Wildman–Crippen LogP) is 4.49. The Balaban J connectivity index is 0.000000616. The fourth-order valence-corrected chi connectivity index (χ4v) is 5.05. The highest BCUT2D eigenvalue weighted by atomic mass is 32.2. The standard InChI is InChI=1S/C26H23N3O5S.C2HF3O2/c27-23-15-21(35(32,33)20-10-9-17-3-1-2-4-19(17)13-20)14-22(26(30)31)24(23)34-12-11-16-5-7-18(8-6-16)25(28)29;3-2(4,5)1(6)7/h1-10,13-15H,11-12,27H2,(H3,28,29)(H,30,31);(H,6,7). The van der Waals surface area contributed by atoms with Crippen LogP contribution < -0.4 is 16.2 Å². The van der Waals surface area contributed by atoms with Crippen molar-refractivity contribution in [3.63, 3.8) is 0 Å². The number of rotatable bonds is 8. The number of ether oxygens (including phenoxy) is 1. The van der Waals surface area contributed by atoms with Crippen molar-refractivity contribution in [2.45, 2.75) is 22.4 Å². The van der Waals surface area contributed by atoms with E-state index in [2.05, 4.69) is 0 Å². The van der Waals surface area contributed by atoms with Crippen molar-refractivity contribution in [3.05, 3.63) is 95.6 Å². The molecule has 42 heavy (non-hydrogen) atoms. The van der Waals surface area contributed by atoms with Crippen LogP contribution in [0, 0.1) is 5.41 Å². The van der Waals surface area contributed by atoms with Gasteiger partial charge in [-0.15, -0.1) is 0 Å². The van der Waals surface area contributed by atoms with E-state index in [1.807, 2.05) is 18.2 Å². The van der Waals surface area contributed by atoms with Crippen molar-refractivity contribution < 1.29 is 46.1 Å². The van der Waals surface area contributed by atoms with Crippen molar-refractivity contribution in [2.24, 2.45) is 5.73 Å². The monoisotopic (exact) mass is 603 g/mol. The zero-order valence-electron chi connectivity index (χ0n) is 21.6. The Bertz CT molecular complexity index is 1760. The number of anilines is 1. The summed E-state index contributed by atoms with van der Waals surface area (Å²) in [7, 11) is -4.03. The molecule has 4 aromatic rings. The number of carboxylic acid groups (broad SMARTS) is 2. The van der Waals surface area contributed by atoms with E-state index in [1.165, 1.54) is 12.1 Å². The van der Waals surface area contributed by atoms with Crippen LogP contribution in [0.3, 0.4) is 0 Å². The van der Waals surface area contributed by atoms with Crippen LogP contribution in [0.15, 0.2) is 88.7 Å². The van der Waals surface area contributed by atoms with E-state index in [4.69, 9.17) is 31.5 Å². The Morgan fingerprint density at radius 1 is 0.881 bits per heavy atom. The second kappa shape index (κ2) is 12.6. The second-order valence-corrected chi connectivity index (χ2v) is 10.7. The average Bonchev–Trinajstić information content (AvgIpc) is 2.93. The number of nitrogens with one attached hydrogen (secondary N) is 1. The van der Waals surface area contributed by atoms with E-state index >= 15 is 0 Å². The molecule has 7 N–H and O–H groups in total. The first-order chi connectivity index (χ1) is 19.6. The second-order valence-electron chi connectivity index (χ2n) is 8.72. The molecule has 4 aromatic carbocycles. The molecule has 0 amide bonds. The van der Waals surface area contributed by atoms with Crippen LogP contribution in [0.1, 0.15) is 21.5 Å². The molecule has 0 saturated carbocycles. The summed E-state index contributed by atoms with van der Waals surface area (Å²) in [6, 6.07) is 21.4. The Labute approximate surface area is 237 Å². The molecule has 0 unspecified atom stereocenters. The van der Waals surface area contributed by atoms with Crippen LogP contribution in [-0.4, -0.2) is 49.2 Å². The molecule has 0 bridgehead atoms. The highest BCUT2D eigenvalue weighted by Crippen LogP contribution is 2.33. The number of hydrogen-bond acceptors (Lipinski definition) is 7. The summed E-state index contributed by atoms with van der Waals surface area (Å²) in [5.41, 5.74) is 12.6. The number of nitrogen functional groups attached to an aromatic ring is 2. The molecule has 220 valence electrons. The smallest absolute Gasteiger partial charge is 0.490 e. The van der Waals surface area contributed by atoms with E-state index in [1.54, 1.807) is 42.5 Å². The van der Waals surface area contributed by atoms with Gasteiger partial charge in [0.25, 0.3) is 0 Å². The Morgan fingerprint density at radius 2 is 1.48 bits per heavy atom. The number of alkyl halides is 3. The summed E-state index contributed by atoms with van der Waals surface area (Å²) in [6.07, 6.45) is -4.65. The molecule has 0 aliphatic carbocycles. The lowest BCUT2D eigenvalue weighted by atomic mass is 10.1. The van der Waals surface area contributed by atoms with Gasteiger partial charge in [0.1, 0.15) is 11.4 Å². The number of hydrogen-bond donors (Lipinski definition) is 5. The third kappa shape index (κ3) is 7.54. The number of carboxylic acids is 2. The van der Waals surface area contributed by atoms with Gasteiger partial charge in [0, 0.05) is 12.0 Å². The van der Waals surface area contributed by atoms with Gasteiger partial charge in [0.15, 0.2) is 5.75 Å². The first-order valence-electron chi connectivity index (χ1n) is 11.9. The topological polar surface area (TPSA) is 194 Å². The number of sulfone groups is 1. The van der Waals surface area contributed by atoms with Crippen LogP contribution in [0.25, 0.3) is 10.8 Å². The highest BCUT2D eigenvalue weighted by molar-refractivity contribution is 7.91. The van der Waals surface area contributed by atoms with Crippen LogP contribution in [0.5, 0.6) is 5.75 Å². The number of carbonyl (C=O) groups is 2. The van der Waals surface area contributed by atoms with Gasteiger partial charge in [0.05, 0.1) is 22.1 Å². The summed E-state index contributed by atoms with van der Waals surface area (Å²) in [4.78, 5) is 20.6. The van der Waals surface area contributed by atoms with Gasteiger partial charge in [-0.2, -0.15) is 13.2 Å². The van der Waals surface area contributed by atoms with Crippen LogP contribution in [0.4, 0.5) is 18.9 Å². The predicted molar refractivity (Wildman–Crippen MR) is 148 cm³/mol. The van der Waals surface area contributed by atoms with Crippen LogP contribution in [-0.2, 0) is 21.1 Å². The lowest BCUT2D eigenvalue weighted by molar-refractivity contribution is -0.192. The SMILES string of the molecule is N=C(N)c1ccc(CCOc2c(N)cc(S(=O)(=O)c3ccc4ccccc4c3)cc2C(=O)O)cc1.O=C(O)C(F)(F)F. The summed E-state index contributed by atoms with van der Waals surface area (Å²) in [5.74, 6) is -4.23. The number of benzene rings is 4. The summed E-state index contributed by atoms with van der Waals surface area (Å²) < 4.78 is 64.0. The summed E-state index contributed by atoms with van der Waals surface area (Å²) in [5, 5.41) is 25.9. The fraction of sp³-hybridized carbons (Fsp3) is 0.107. The fourth-order valence-electron chi connectivity index (χ4n) is 3.69. The molecule has 0 aliphatic heterocycles. The number of amidine groups is 1. The van der Waals surface area contributed by atoms with Gasteiger partial charge in [-0.25, -0.2) is 18.0 Å². The molecule has 0 aliphatic rings. The maximum absolute atomic E-state index is 13.3. The van der Waals surface area contributed by atoms with Gasteiger partial charge in [0.2, 0.25) is 9.84 Å². The van der Waals surface area contributed by atoms with E-state index in [0.29, 0.717) is 12.0 Å². The first kappa shape index (κ1) is 31.4. The molecule has 14 heteroatoms. The zero-order valence-corrected chi connectivity index (χ0v) is 22.4. The van der Waals surface area contributed by atoms with Gasteiger partial charge in [-0.1, -0.05) is 54.6 Å². The molecule has 0 spiro atoms. The summed E-state index contributed by atoms with van der Waals surface area (Å²) in [6.45, 7) is 0.112. The first-order valence-corrected chi connectivity index (χ1v) is 13.4. The number of aliphatic carboxylic acids is 1. The Kier molecular flexibility index (Phi) is 9.42. The van der Waals surface area contributed by atoms with Crippen molar-refractivity contribution in [1.82, 2.24) is 0 Å². The third-order valence-corrected chi connectivity index (χ3v) is 7.54. The quantitative estimate of drug-likeness (QED) is 0.110. The number of fused-ring (bicyclic) bond motifs is 1. The minimum absolute atomic E-state index is 0.0367. The lowest BCUT2D eigenvalue weighted by Gasteiger charge is -2.14. The Morgan fingerprint density at radius 3 is 2.02 bits per heavy atom. The maximum atomic E-state index is 13.3. The number of halogens is 3. The van der Waals surface area contributed by atoms with Crippen molar-refractivity contribution in [1.29, 1.82) is 5.41 Å². The van der Waals surface area contributed by atoms with Gasteiger partial charge >= 0.3 is 18.1 Å². The van der Waals surface area contributed by atoms with Crippen molar-refractivity contribution >= 4 is 44.1 Å². The largest absolute Gasteiger partial charge is 0.490 e. The summed E-state index contributed by atoms with van der Waals surface area (Å²) >= 11 is 0. The molecule has 0 saturated heterocycles. The van der Waals surface area contributed by atoms with Crippen molar-refractivity contribution in [3.8, 4) is 5.75 Å². The Hall–Kier alpha value is -5.11. The van der Waals surface area contributed by atoms with E-state index < -0.39 is 28.0 Å². The molecular weight excluding hydrogens is 579 g/mol. The minimum Gasteiger partial charge on any atom is -0.490 e. The molecular formula is C28H24F3N3O7S. The maximum Gasteiger partial charge on any atom is 0.490 e. The van der Waals surface area contributed by atoms with Crippen LogP contribution in [0.2, 0.25) is 0 Å². The lowest BCUT2D eigenvalue weighted by Crippen LogP contribution is -2.21. The van der Waals surface area contributed by atoms with Gasteiger partial charge in [-0.05, 0) is 40.6 Å². The van der Waals surface area contributed by atoms with E-state index in [0.717, 1.165) is 22.4 Å². The molecule has 0 radical (unpaired) electrons. The van der Waals surface area contributed by atoms with Gasteiger partial charge < -0.3 is 26.4 Å². The molecule has 0 aromatic heterocycles. The molecule has 0 atom stereocenters. The molecule has 0 heterocycles. The minimum atomic E-state index is -5.08. The average molecular weight is 604 g/mol. The zero-order chi connectivity index (χ0) is 31.2. The highest BCUT2D eigenvalue weighted by Gasteiger charge is 2.38. The number of aromatic carboxylic acids is 1. The van der Waals surface area contributed by atoms with E-state index in [9.17, 15) is 31.5 Å². The molecule has 10 nitrogen and oxygen atoms in total. The number of nitrogens with two attached hydrogens (primary N) is 2.